The van der Waals surface area contributed by atoms with E-state index in [0.29, 0.717) is 11.1 Å². The van der Waals surface area contributed by atoms with Crippen LogP contribution >= 0.6 is 11.6 Å². The summed E-state index contributed by atoms with van der Waals surface area (Å²) in [4.78, 5) is 0. The first-order valence-electron chi connectivity index (χ1n) is 5.82. The predicted octanol–water partition coefficient (Wildman–Crippen LogP) is 4.13. The second-order valence-electron chi connectivity index (χ2n) is 4.70. The van der Waals surface area contributed by atoms with Gasteiger partial charge in [-0.25, -0.2) is 13.2 Å². The summed E-state index contributed by atoms with van der Waals surface area (Å²) >= 11 is 5.76. The van der Waals surface area contributed by atoms with Crippen molar-refractivity contribution in [1.29, 1.82) is 0 Å². The lowest BCUT2D eigenvalue weighted by atomic mass is 9.97. The summed E-state index contributed by atoms with van der Waals surface area (Å²) in [6.07, 6.45) is -0.229. The minimum absolute atomic E-state index is 0.0211. The van der Waals surface area contributed by atoms with Crippen molar-refractivity contribution in [2.45, 2.75) is 38.5 Å². The Morgan fingerprint density at radius 3 is 2.44 bits per heavy atom. The molecule has 5 heteroatoms. The van der Waals surface area contributed by atoms with Crippen molar-refractivity contribution in [1.82, 2.24) is 0 Å². The zero-order valence-electron chi connectivity index (χ0n) is 10.4. The fourth-order valence-corrected chi connectivity index (χ4v) is 1.91. The molecule has 102 valence electrons. The highest BCUT2D eigenvalue weighted by molar-refractivity contribution is 6.30. The van der Waals surface area contributed by atoms with Gasteiger partial charge in [-0.3, -0.25) is 0 Å². The first kappa shape index (κ1) is 15.3. The van der Waals surface area contributed by atoms with Gasteiger partial charge in [0, 0.05) is 6.42 Å². The summed E-state index contributed by atoms with van der Waals surface area (Å²) in [5, 5.41) is -0.0211. The van der Waals surface area contributed by atoms with Crippen LogP contribution in [0.1, 0.15) is 37.3 Å². The largest absolute Gasteiger partial charge is 0.325 e. The molecule has 0 aliphatic rings. The Morgan fingerprint density at radius 1 is 1.33 bits per heavy atom. The maximum absolute atomic E-state index is 13.7. The van der Waals surface area contributed by atoms with Gasteiger partial charge in [-0.15, -0.1) is 0 Å². The molecule has 0 saturated carbocycles. The second kappa shape index (κ2) is 5.93. The molecule has 1 aromatic rings. The van der Waals surface area contributed by atoms with E-state index < -0.39 is 18.3 Å². The lowest BCUT2D eigenvalue weighted by Gasteiger charge is -2.15. The van der Waals surface area contributed by atoms with Gasteiger partial charge in [0.2, 0.25) is 0 Å². The summed E-state index contributed by atoms with van der Waals surface area (Å²) in [5.74, 6) is -3.41. The standard InChI is InChI=1S/C13H17ClF3N/c1-8(2)10-5-9(6-11(14)12(10)15)3-4-13(16,17)7-18/h5-6,8H,3-4,7,18H2,1-2H3. The maximum Gasteiger partial charge on any atom is 0.260 e. The molecule has 0 amide bonds. The average molecular weight is 280 g/mol. The van der Waals surface area contributed by atoms with Gasteiger partial charge < -0.3 is 5.73 Å². The van der Waals surface area contributed by atoms with E-state index in [9.17, 15) is 13.2 Å². The lowest BCUT2D eigenvalue weighted by molar-refractivity contribution is 0.00246. The number of hydrogen-bond donors (Lipinski definition) is 1. The number of rotatable bonds is 5. The third-order valence-corrected chi connectivity index (χ3v) is 3.09. The van der Waals surface area contributed by atoms with Crippen LogP contribution in [-0.4, -0.2) is 12.5 Å². The number of benzene rings is 1. The number of alkyl halides is 2. The Morgan fingerprint density at radius 2 is 1.94 bits per heavy atom. The van der Waals surface area contributed by atoms with Gasteiger partial charge in [0.05, 0.1) is 11.6 Å². The quantitative estimate of drug-likeness (QED) is 0.862. The van der Waals surface area contributed by atoms with Crippen molar-refractivity contribution in [2.75, 3.05) is 6.54 Å². The van der Waals surface area contributed by atoms with Crippen LogP contribution in [0.2, 0.25) is 5.02 Å². The van der Waals surface area contributed by atoms with Gasteiger partial charge in [0.15, 0.2) is 0 Å². The van der Waals surface area contributed by atoms with E-state index in [1.54, 1.807) is 6.07 Å². The molecular weight excluding hydrogens is 263 g/mol. The summed E-state index contributed by atoms with van der Waals surface area (Å²) < 4.78 is 39.8. The van der Waals surface area contributed by atoms with E-state index in [2.05, 4.69) is 0 Å². The Labute approximate surface area is 110 Å². The Kier molecular flexibility index (Phi) is 5.05. The molecule has 2 N–H and O–H groups in total. The van der Waals surface area contributed by atoms with E-state index in [1.807, 2.05) is 13.8 Å². The van der Waals surface area contributed by atoms with Crippen molar-refractivity contribution < 1.29 is 13.2 Å². The van der Waals surface area contributed by atoms with Crippen LogP contribution in [0.25, 0.3) is 0 Å². The molecule has 0 unspecified atom stereocenters. The van der Waals surface area contributed by atoms with E-state index >= 15 is 0 Å². The molecule has 0 bridgehead atoms. The highest BCUT2D eigenvalue weighted by Crippen LogP contribution is 2.28. The van der Waals surface area contributed by atoms with E-state index in [1.165, 1.54) is 6.07 Å². The minimum atomic E-state index is -2.89. The van der Waals surface area contributed by atoms with Crippen molar-refractivity contribution in [3.8, 4) is 0 Å². The van der Waals surface area contributed by atoms with Crippen LogP contribution in [0, 0.1) is 5.82 Å². The lowest BCUT2D eigenvalue weighted by Crippen LogP contribution is -2.28. The molecule has 0 aliphatic carbocycles. The Balaban J connectivity index is 2.91. The molecule has 1 rings (SSSR count). The summed E-state index contributed by atoms with van der Waals surface area (Å²) in [6.45, 7) is 2.97. The molecule has 0 aliphatic heterocycles. The minimum Gasteiger partial charge on any atom is -0.325 e. The van der Waals surface area contributed by atoms with E-state index in [-0.39, 0.29) is 23.8 Å². The van der Waals surface area contributed by atoms with Crippen LogP contribution in [0.5, 0.6) is 0 Å². The van der Waals surface area contributed by atoms with Crippen molar-refractivity contribution >= 4 is 11.6 Å². The van der Waals surface area contributed by atoms with Gasteiger partial charge in [-0.2, -0.15) is 0 Å². The molecule has 1 nitrogen and oxygen atoms in total. The summed E-state index contributed by atoms with van der Waals surface area (Å²) in [7, 11) is 0. The van der Waals surface area contributed by atoms with Gasteiger partial charge in [-0.1, -0.05) is 31.5 Å². The fourth-order valence-electron chi connectivity index (χ4n) is 1.66. The van der Waals surface area contributed by atoms with Crippen LogP contribution in [0.4, 0.5) is 13.2 Å². The van der Waals surface area contributed by atoms with Crippen molar-refractivity contribution in [3.63, 3.8) is 0 Å². The highest BCUT2D eigenvalue weighted by Gasteiger charge is 2.26. The van der Waals surface area contributed by atoms with Crippen LogP contribution in [-0.2, 0) is 6.42 Å². The molecule has 0 heterocycles. The van der Waals surface area contributed by atoms with Gasteiger partial charge in [0.1, 0.15) is 5.82 Å². The van der Waals surface area contributed by atoms with Crippen LogP contribution in [0.15, 0.2) is 12.1 Å². The van der Waals surface area contributed by atoms with E-state index in [0.717, 1.165) is 0 Å². The van der Waals surface area contributed by atoms with Crippen LogP contribution in [0.3, 0.4) is 0 Å². The molecular formula is C13H17ClF3N. The SMILES string of the molecule is CC(C)c1cc(CCC(F)(F)CN)cc(Cl)c1F. The number of halogens is 4. The van der Waals surface area contributed by atoms with E-state index in [4.69, 9.17) is 17.3 Å². The zero-order chi connectivity index (χ0) is 13.9. The van der Waals surface area contributed by atoms with Crippen LogP contribution < -0.4 is 5.73 Å². The van der Waals surface area contributed by atoms with Gasteiger partial charge in [-0.05, 0) is 29.5 Å². The molecule has 0 fully saturated rings. The number of nitrogens with two attached hydrogens (primary N) is 1. The summed E-state index contributed by atoms with van der Waals surface area (Å²) in [5.41, 5.74) is 6.03. The van der Waals surface area contributed by atoms with Gasteiger partial charge >= 0.3 is 0 Å². The number of aryl methyl sites for hydroxylation is 1. The third kappa shape index (κ3) is 3.89. The highest BCUT2D eigenvalue weighted by atomic mass is 35.5. The molecule has 0 radical (unpaired) electrons. The fraction of sp³-hybridized carbons (Fsp3) is 0.538. The zero-order valence-corrected chi connectivity index (χ0v) is 11.2. The average Bonchev–Trinajstić information content (AvgIpc) is 2.30. The third-order valence-electron chi connectivity index (χ3n) is 2.82. The normalized spacial score (nSPS) is 12.2. The molecule has 0 aromatic heterocycles. The second-order valence-corrected chi connectivity index (χ2v) is 5.10. The van der Waals surface area contributed by atoms with Crippen molar-refractivity contribution in [2.24, 2.45) is 5.73 Å². The summed E-state index contributed by atoms with van der Waals surface area (Å²) in [6, 6.07) is 2.99. The molecule has 18 heavy (non-hydrogen) atoms. The van der Waals surface area contributed by atoms with Crippen molar-refractivity contribution in [3.05, 3.63) is 34.1 Å². The first-order chi connectivity index (χ1) is 8.26. The topological polar surface area (TPSA) is 26.0 Å². The molecule has 0 spiro atoms. The van der Waals surface area contributed by atoms with Gasteiger partial charge in [0.25, 0.3) is 5.92 Å². The smallest absolute Gasteiger partial charge is 0.260 e. The monoisotopic (exact) mass is 279 g/mol. The molecule has 0 atom stereocenters. The maximum atomic E-state index is 13.7. The first-order valence-corrected chi connectivity index (χ1v) is 6.20. The Hall–Kier alpha value is -0.740. The number of hydrogen-bond acceptors (Lipinski definition) is 1. The molecule has 0 saturated heterocycles. The molecule has 1 aromatic carbocycles. The Bertz CT molecular complexity index is 419. The predicted molar refractivity (Wildman–Crippen MR) is 67.8 cm³/mol.